The van der Waals surface area contributed by atoms with Crippen molar-refractivity contribution in [1.29, 1.82) is 0 Å². The lowest BCUT2D eigenvalue weighted by Crippen LogP contribution is -2.08. The monoisotopic (exact) mass is 386 g/mol. The van der Waals surface area contributed by atoms with Crippen molar-refractivity contribution in [3.63, 3.8) is 0 Å². The maximum absolute atomic E-state index is 12.5. The Bertz CT molecular complexity index is 1110. The van der Waals surface area contributed by atoms with Gasteiger partial charge in [0.25, 0.3) is 0 Å². The summed E-state index contributed by atoms with van der Waals surface area (Å²) >= 11 is 0. The van der Waals surface area contributed by atoms with Gasteiger partial charge in [-0.2, -0.15) is 0 Å². The largest absolute Gasteiger partial charge is 0.497 e. The third kappa shape index (κ3) is 3.89. The van der Waals surface area contributed by atoms with E-state index in [9.17, 15) is 9.59 Å². The van der Waals surface area contributed by atoms with E-state index in [-0.39, 0.29) is 11.5 Å². The molecular formula is C24H18O5. The maximum Gasteiger partial charge on any atom is 0.343 e. The molecule has 0 saturated carbocycles. The zero-order valence-corrected chi connectivity index (χ0v) is 16.0. The molecule has 1 aliphatic rings. The predicted molar refractivity (Wildman–Crippen MR) is 109 cm³/mol. The van der Waals surface area contributed by atoms with E-state index in [1.807, 2.05) is 19.1 Å². The molecule has 0 atom stereocenters. The fraction of sp³-hybridized carbons (Fsp3) is 0.0833. The van der Waals surface area contributed by atoms with E-state index >= 15 is 0 Å². The Hall–Kier alpha value is -3.86. The molecule has 0 spiro atoms. The number of methoxy groups -OCH3 is 1. The van der Waals surface area contributed by atoms with Gasteiger partial charge in [-0.1, -0.05) is 29.8 Å². The first kappa shape index (κ1) is 18.5. The Labute approximate surface area is 168 Å². The van der Waals surface area contributed by atoms with Crippen LogP contribution in [-0.2, 0) is 0 Å². The molecule has 1 heterocycles. The normalized spacial score (nSPS) is 13.7. The molecule has 0 saturated heterocycles. The highest BCUT2D eigenvalue weighted by Crippen LogP contribution is 2.34. The van der Waals surface area contributed by atoms with Crippen molar-refractivity contribution in [2.45, 2.75) is 6.92 Å². The molecule has 0 radical (unpaired) electrons. The quantitative estimate of drug-likeness (QED) is 0.365. The first-order chi connectivity index (χ1) is 14.0. The second-order valence-corrected chi connectivity index (χ2v) is 6.63. The third-order valence-electron chi connectivity index (χ3n) is 4.55. The van der Waals surface area contributed by atoms with Crippen LogP contribution in [0.15, 0.2) is 72.5 Å². The van der Waals surface area contributed by atoms with Crippen LogP contribution in [0.2, 0.25) is 0 Å². The summed E-state index contributed by atoms with van der Waals surface area (Å²) in [6, 6.07) is 19.1. The van der Waals surface area contributed by atoms with E-state index < -0.39 is 5.97 Å². The van der Waals surface area contributed by atoms with Crippen LogP contribution in [0, 0.1) is 6.92 Å². The number of rotatable bonds is 4. The minimum Gasteiger partial charge on any atom is -0.497 e. The summed E-state index contributed by atoms with van der Waals surface area (Å²) in [4.78, 5) is 24.7. The van der Waals surface area contributed by atoms with E-state index in [0.29, 0.717) is 28.4 Å². The number of allylic oxidation sites excluding steroid dienone is 1. The van der Waals surface area contributed by atoms with Crippen molar-refractivity contribution < 1.29 is 23.8 Å². The zero-order valence-electron chi connectivity index (χ0n) is 16.0. The fourth-order valence-corrected chi connectivity index (χ4v) is 2.93. The van der Waals surface area contributed by atoms with Gasteiger partial charge in [0, 0.05) is 6.07 Å². The van der Waals surface area contributed by atoms with Gasteiger partial charge in [-0.3, -0.25) is 4.79 Å². The number of hydrogen-bond acceptors (Lipinski definition) is 5. The van der Waals surface area contributed by atoms with Gasteiger partial charge in [0.15, 0.2) is 5.76 Å². The fourth-order valence-electron chi connectivity index (χ4n) is 2.93. The average molecular weight is 386 g/mol. The number of aryl methyl sites for hydroxylation is 1. The van der Waals surface area contributed by atoms with Crippen molar-refractivity contribution in [3.05, 3.63) is 94.7 Å². The highest BCUT2D eigenvalue weighted by molar-refractivity contribution is 6.14. The minimum absolute atomic E-state index is 0.183. The number of ketones is 1. The summed E-state index contributed by atoms with van der Waals surface area (Å²) < 4.78 is 16.2. The first-order valence-corrected chi connectivity index (χ1v) is 9.05. The summed E-state index contributed by atoms with van der Waals surface area (Å²) in [5.41, 5.74) is 2.81. The number of carbonyl (C=O) groups is 2. The van der Waals surface area contributed by atoms with Crippen molar-refractivity contribution in [2.75, 3.05) is 7.11 Å². The highest BCUT2D eigenvalue weighted by atomic mass is 16.5. The van der Waals surface area contributed by atoms with Gasteiger partial charge in [0.2, 0.25) is 5.78 Å². The summed E-state index contributed by atoms with van der Waals surface area (Å²) in [5, 5.41) is 0. The smallest absolute Gasteiger partial charge is 0.343 e. The Morgan fingerprint density at radius 3 is 2.31 bits per heavy atom. The second kappa shape index (κ2) is 7.64. The van der Waals surface area contributed by atoms with Crippen LogP contribution in [0.25, 0.3) is 6.08 Å². The SMILES string of the molecule is COc1ccc2c(c1)O/C(=C\c1ccc(OC(=O)c3ccc(C)cc3)cc1)C2=O. The Morgan fingerprint density at radius 1 is 0.931 bits per heavy atom. The molecule has 0 aromatic heterocycles. The van der Waals surface area contributed by atoms with Gasteiger partial charge in [-0.15, -0.1) is 0 Å². The number of fused-ring (bicyclic) bond motifs is 1. The van der Waals surface area contributed by atoms with Crippen molar-refractivity contribution >= 4 is 17.8 Å². The molecule has 0 unspecified atom stereocenters. The second-order valence-electron chi connectivity index (χ2n) is 6.63. The van der Waals surface area contributed by atoms with Crippen molar-refractivity contribution in [3.8, 4) is 17.2 Å². The lowest BCUT2D eigenvalue weighted by molar-refractivity contribution is 0.0734. The maximum atomic E-state index is 12.5. The molecule has 4 rings (SSSR count). The molecule has 0 bridgehead atoms. The molecular weight excluding hydrogens is 368 g/mol. The van der Waals surface area contributed by atoms with Crippen LogP contribution < -0.4 is 14.2 Å². The molecule has 144 valence electrons. The number of esters is 1. The Balaban J connectivity index is 1.47. The van der Waals surface area contributed by atoms with Gasteiger partial charge in [-0.05, 0) is 55.0 Å². The van der Waals surface area contributed by atoms with E-state index in [0.717, 1.165) is 11.1 Å². The molecule has 0 aliphatic carbocycles. The molecule has 1 aliphatic heterocycles. The van der Waals surface area contributed by atoms with E-state index in [4.69, 9.17) is 14.2 Å². The van der Waals surface area contributed by atoms with Gasteiger partial charge >= 0.3 is 5.97 Å². The zero-order chi connectivity index (χ0) is 20.4. The molecule has 3 aromatic carbocycles. The Morgan fingerprint density at radius 2 is 1.62 bits per heavy atom. The number of hydrogen-bond donors (Lipinski definition) is 0. The van der Waals surface area contributed by atoms with Gasteiger partial charge < -0.3 is 14.2 Å². The molecule has 29 heavy (non-hydrogen) atoms. The summed E-state index contributed by atoms with van der Waals surface area (Å²) in [5.74, 6) is 1.15. The molecule has 0 amide bonds. The van der Waals surface area contributed by atoms with Gasteiger partial charge in [0.05, 0.1) is 18.2 Å². The van der Waals surface area contributed by atoms with Crippen LogP contribution in [0.3, 0.4) is 0 Å². The van der Waals surface area contributed by atoms with Crippen molar-refractivity contribution in [1.82, 2.24) is 0 Å². The lowest BCUT2D eigenvalue weighted by Gasteiger charge is -2.05. The molecule has 0 fully saturated rings. The van der Waals surface area contributed by atoms with Crippen LogP contribution in [0.5, 0.6) is 17.2 Å². The van der Waals surface area contributed by atoms with E-state index in [1.54, 1.807) is 67.8 Å². The van der Waals surface area contributed by atoms with Crippen LogP contribution >= 0.6 is 0 Å². The van der Waals surface area contributed by atoms with Crippen LogP contribution in [-0.4, -0.2) is 18.9 Å². The number of benzene rings is 3. The number of carbonyl (C=O) groups excluding carboxylic acids is 2. The van der Waals surface area contributed by atoms with Crippen LogP contribution in [0.4, 0.5) is 0 Å². The third-order valence-corrected chi connectivity index (χ3v) is 4.55. The molecule has 5 heteroatoms. The standard InChI is InChI=1S/C24H18O5/c1-15-3-7-17(8-4-15)24(26)28-18-9-5-16(6-10-18)13-22-23(25)20-12-11-19(27-2)14-21(20)29-22/h3-14H,1-2H3/b22-13-. The highest BCUT2D eigenvalue weighted by Gasteiger charge is 2.27. The molecule has 0 N–H and O–H groups in total. The lowest BCUT2D eigenvalue weighted by atomic mass is 10.1. The number of ether oxygens (including phenoxy) is 3. The van der Waals surface area contributed by atoms with E-state index in [2.05, 4.69) is 0 Å². The summed E-state index contributed by atoms with van der Waals surface area (Å²) in [6.07, 6.45) is 1.65. The molecule has 5 nitrogen and oxygen atoms in total. The average Bonchev–Trinajstić information content (AvgIpc) is 3.04. The first-order valence-electron chi connectivity index (χ1n) is 9.05. The predicted octanol–water partition coefficient (Wildman–Crippen LogP) is 4.84. The van der Waals surface area contributed by atoms with Crippen LogP contribution in [0.1, 0.15) is 31.8 Å². The molecule has 3 aromatic rings. The van der Waals surface area contributed by atoms with Gasteiger partial charge in [0.1, 0.15) is 17.2 Å². The van der Waals surface area contributed by atoms with Crippen molar-refractivity contribution in [2.24, 2.45) is 0 Å². The van der Waals surface area contributed by atoms with Gasteiger partial charge in [-0.25, -0.2) is 4.79 Å². The topological polar surface area (TPSA) is 61.8 Å². The minimum atomic E-state index is -0.421. The Kier molecular flexibility index (Phi) is 4.87. The summed E-state index contributed by atoms with van der Waals surface area (Å²) in [7, 11) is 1.56. The number of Topliss-reactive ketones (excluding diaryl/α,β-unsaturated/α-hetero) is 1. The van der Waals surface area contributed by atoms with E-state index in [1.165, 1.54) is 0 Å². The summed E-state index contributed by atoms with van der Waals surface area (Å²) in [6.45, 7) is 1.95.